The molecule has 0 aromatic heterocycles. The predicted octanol–water partition coefficient (Wildman–Crippen LogP) is 2.49. The van der Waals surface area contributed by atoms with Gasteiger partial charge in [0.05, 0.1) is 9.82 Å². The zero-order chi connectivity index (χ0) is 21.8. The zero-order valence-electron chi connectivity index (χ0n) is 16.2. The van der Waals surface area contributed by atoms with Crippen LogP contribution < -0.4 is 10.3 Å². The summed E-state index contributed by atoms with van der Waals surface area (Å²) >= 11 is 0. The van der Waals surface area contributed by atoms with Gasteiger partial charge in [0.25, 0.3) is 15.7 Å². The number of ketones is 1. The van der Waals surface area contributed by atoms with Gasteiger partial charge in [-0.1, -0.05) is 18.2 Å². The largest absolute Gasteiger partial charge is 0.294 e. The number of nitro groups is 1. The first-order valence-corrected chi connectivity index (χ1v) is 10.2. The molecule has 0 fully saturated rings. The van der Waals surface area contributed by atoms with Gasteiger partial charge in [0.2, 0.25) is 5.91 Å². The molecule has 0 saturated heterocycles. The monoisotopic (exact) mass is 419 g/mol. The van der Waals surface area contributed by atoms with Crippen molar-refractivity contribution in [3.63, 3.8) is 0 Å². The van der Waals surface area contributed by atoms with Gasteiger partial charge in [0, 0.05) is 30.0 Å². The van der Waals surface area contributed by atoms with Crippen LogP contribution in [0.2, 0.25) is 0 Å². The molecule has 29 heavy (non-hydrogen) atoms. The lowest BCUT2D eigenvalue weighted by Crippen LogP contribution is -2.41. The normalized spacial score (nSPS) is 11.1. The Bertz CT molecular complexity index is 1080. The molecule has 154 valence electrons. The van der Waals surface area contributed by atoms with Gasteiger partial charge in [-0.2, -0.15) is 0 Å². The maximum Gasteiger partial charge on any atom is 0.273 e. The van der Waals surface area contributed by atoms with Gasteiger partial charge in [-0.3, -0.25) is 25.1 Å². The third-order valence-corrected chi connectivity index (χ3v) is 5.67. The van der Waals surface area contributed by atoms with Crippen molar-refractivity contribution in [2.45, 2.75) is 38.5 Å². The average Bonchev–Trinajstić information content (AvgIpc) is 2.66. The Morgan fingerprint density at radius 1 is 0.966 bits per heavy atom. The number of sulfonamides is 1. The molecule has 0 radical (unpaired) electrons. The number of amides is 1. The minimum atomic E-state index is -4.20. The van der Waals surface area contributed by atoms with E-state index in [1.54, 1.807) is 12.1 Å². The highest BCUT2D eigenvalue weighted by Crippen LogP contribution is 2.21. The molecule has 0 aliphatic carbocycles. The molecule has 0 saturated carbocycles. The molecule has 10 heteroatoms. The number of Topliss-reactive ketones (excluding diaryl/α,β-unsaturated/α-hetero) is 1. The molecule has 2 N–H and O–H groups in total. The van der Waals surface area contributed by atoms with Crippen LogP contribution in [0, 0.1) is 30.9 Å². The van der Waals surface area contributed by atoms with E-state index in [0.717, 1.165) is 17.2 Å². The van der Waals surface area contributed by atoms with Crippen molar-refractivity contribution in [1.29, 1.82) is 0 Å². The Morgan fingerprint density at radius 3 is 2.24 bits per heavy atom. The number of benzene rings is 2. The van der Waals surface area contributed by atoms with Crippen LogP contribution in [-0.4, -0.2) is 25.0 Å². The molecule has 0 bridgehead atoms. The highest BCUT2D eigenvalue weighted by Gasteiger charge is 2.20. The van der Waals surface area contributed by atoms with Crippen molar-refractivity contribution in [2.75, 3.05) is 0 Å². The standard InChI is InChI=1S/C19H21N3O6S/c1-12-4-6-15(10-14(12)3)18(23)8-9-19(24)20-21-29(27,28)16-7-5-13(2)17(11-16)22(25)26/h4-7,10-11,21H,8-9H2,1-3H3,(H,20,24). The Labute approximate surface area is 168 Å². The van der Waals surface area contributed by atoms with Crippen molar-refractivity contribution in [1.82, 2.24) is 10.3 Å². The first-order valence-electron chi connectivity index (χ1n) is 8.67. The fourth-order valence-corrected chi connectivity index (χ4v) is 3.36. The van der Waals surface area contributed by atoms with Crippen molar-refractivity contribution in [3.05, 3.63) is 68.8 Å². The first kappa shape index (κ1) is 22.2. The lowest BCUT2D eigenvalue weighted by atomic mass is 10.0. The van der Waals surface area contributed by atoms with Gasteiger partial charge < -0.3 is 0 Å². The zero-order valence-corrected chi connectivity index (χ0v) is 17.0. The number of carbonyl (C=O) groups excluding carboxylic acids is 2. The number of hydrazine groups is 1. The van der Waals surface area contributed by atoms with Crippen LogP contribution in [0.15, 0.2) is 41.3 Å². The van der Waals surface area contributed by atoms with Crippen molar-refractivity contribution >= 4 is 27.4 Å². The minimum Gasteiger partial charge on any atom is -0.294 e. The van der Waals surface area contributed by atoms with E-state index < -0.39 is 20.9 Å². The molecule has 0 aliphatic heterocycles. The summed E-state index contributed by atoms with van der Waals surface area (Å²) in [5.74, 6) is -0.937. The molecule has 0 atom stereocenters. The van der Waals surface area contributed by atoms with Crippen LogP contribution in [0.5, 0.6) is 0 Å². The number of rotatable bonds is 8. The lowest BCUT2D eigenvalue weighted by Gasteiger charge is -2.09. The fraction of sp³-hybridized carbons (Fsp3) is 0.263. The summed E-state index contributed by atoms with van der Waals surface area (Å²) in [4.78, 5) is 35.9. The van der Waals surface area contributed by atoms with Gasteiger partial charge in [-0.25, -0.2) is 8.42 Å². The van der Waals surface area contributed by atoms with E-state index >= 15 is 0 Å². The summed E-state index contributed by atoms with van der Waals surface area (Å²) in [6.07, 6.45) is -0.311. The summed E-state index contributed by atoms with van der Waals surface area (Å²) in [7, 11) is -4.20. The van der Waals surface area contributed by atoms with Crippen LogP contribution in [0.1, 0.15) is 39.9 Å². The highest BCUT2D eigenvalue weighted by atomic mass is 32.2. The number of aryl methyl sites for hydroxylation is 3. The van der Waals surface area contributed by atoms with E-state index in [1.807, 2.05) is 30.2 Å². The summed E-state index contributed by atoms with van der Waals surface area (Å²) in [6, 6.07) is 8.64. The average molecular weight is 419 g/mol. The van der Waals surface area contributed by atoms with Gasteiger partial charge >= 0.3 is 0 Å². The molecule has 2 aromatic carbocycles. The Balaban J connectivity index is 1.96. The number of hydrogen-bond acceptors (Lipinski definition) is 6. The van der Waals surface area contributed by atoms with E-state index in [1.165, 1.54) is 19.1 Å². The topological polar surface area (TPSA) is 135 Å². The fourth-order valence-electron chi connectivity index (χ4n) is 2.48. The van der Waals surface area contributed by atoms with Gasteiger partial charge in [-0.15, -0.1) is 4.83 Å². The summed E-state index contributed by atoms with van der Waals surface area (Å²) in [5.41, 5.74) is 4.46. The summed E-state index contributed by atoms with van der Waals surface area (Å²) < 4.78 is 24.5. The maximum absolute atomic E-state index is 12.2. The second kappa shape index (κ2) is 8.93. The molecular formula is C19H21N3O6S. The van der Waals surface area contributed by atoms with Crippen molar-refractivity contribution in [2.24, 2.45) is 0 Å². The molecule has 2 aromatic rings. The molecule has 9 nitrogen and oxygen atoms in total. The molecule has 2 rings (SSSR count). The Hall–Kier alpha value is -3.11. The van der Waals surface area contributed by atoms with E-state index in [4.69, 9.17) is 0 Å². The van der Waals surface area contributed by atoms with Crippen LogP contribution in [0.4, 0.5) is 5.69 Å². The second-order valence-corrected chi connectivity index (χ2v) is 8.26. The number of nitrogens with zero attached hydrogens (tertiary/aromatic N) is 1. The van der Waals surface area contributed by atoms with Gasteiger partial charge in [0.1, 0.15) is 0 Å². The molecular weight excluding hydrogens is 398 g/mol. The Morgan fingerprint density at radius 2 is 1.62 bits per heavy atom. The van der Waals surface area contributed by atoms with Crippen LogP contribution in [0.25, 0.3) is 0 Å². The van der Waals surface area contributed by atoms with Crippen molar-refractivity contribution < 1.29 is 22.9 Å². The smallest absolute Gasteiger partial charge is 0.273 e. The number of nitro benzene ring substituents is 1. The van der Waals surface area contributed by atoms with Crippen LogP contribution in [0.3, 0.4) is 0 Å². The molecule has 0 spiro atoms. The second-order valence-electron chi connectivity index (χ2n) is 6.58. The maximum atomic E-state index is 12.2. The SMILES string of the molecule is Cc1ccc(C(=O)CCC(=O)NNS(=O)(=O)c2ccc(C)c([N+](=O)[O-])c2)cc1C. The third-order valence-electron chi connectivity index (χ3n) is 4.42. The van der Waals surface area contributed by atoms with Gasteiger partial charge in [0.15, 0.2) is 5.78 Å². The van der Waals surface area contributed by atoms with E-state index in [9.17, 15) is 28.1 Å². The lowest BCUT2D eigenvalue weighted by molar-refractivity contribution is -0.385. The van der Waals surface area contributed by atoms with E-state index in [0.29, 0.717) is 11.1 Å². The van der Waals surface area contributed by atoms with Crippen molar-refractivity contribution in [3.8, 4) is 0 Å². The van der Waals surface area contributed by atoms with E-state index in [2.05, 4.69) is 0 Å². The predicted molar refractivity (Wildman–Crippen MR) is 106 cm³/mol. The van der Waals surface area contributed by atoms with Crippen LogP contribution >= 0.6 is 0 Å². The van der Waals surface area contributed by atoms with Gasteiger partial charge in [-0.05, 0) is 44.0 Å². The number of nitrogens with one attached hydrogen (secondary N) is 2. The first-order chi connectivity index (χ1) is 13.5. The molecule has 0 aliphatic rings. The quantitative estimate of drug-likeness (QED) is 0.383. The summed E-state index contributed by atoms with van der Waals surface area (Å²) in [5, 5.41) is 11.0. The molecule has 1 amide bonds. The number of hydrogen-bond donors (Lipinski definition) is 2. The van der Waals surface area contributed by atoms with E-state index in [-0.39, 0.29) is 29.2 Å². The molecule has 0 unspecified atom stereocenters. The third kappa shape index (κ3) is 5.69. The summed E-state index contributed by atoms with van der Waals surface area (Å²) in [6.45, 7) is 5.28. The Kier molecular flexibility index (Phi) is 6.83. The van der Waals surface area contributed by atoms with Crippen LogP contribution in [-0.2, 0) is 14.8 Å². The minimum absolute atomic E-state index is 0.0912. The highest BCUT2D eigenvalue weighted by molar-refractivity contribution is 7.89. The number of carbonyl (C=O) groups is 2. The molecule has 0 heterocycles.